The molecule has 0 aliphatic heterocycles. The van der Waals surface area contributed by atoms with E-state index in [0.29, 0.717) is 11.3 Å². The first-order valence-electron chi connectivity index (χ1n) is 5.77. The van der Waals surface area contributed by atoms with Gasteiger partial charge in [0.2, 0.25) is 0 Å². The Morgan fingerprint density at radius 1 is 1.53 bits per heavy atom. The summed E-state index contributed by atoms with van der Waals surface area (Å²) in [6.45, 7) is 1.52. The van der Waals surface area contributed by atoms with Gasteiger partial charge < -0.3 is 13.9 Å². The van der Waals surface area contributed by atoms with Crippen molar-refractivity contribution in [2.24, 2.45) is 0 Å². The number of methoxy groups -OCH3 is 1. The number of hydrogen-bond acceptors (Lipinski definition) is 5. The summed E-state index contributed by atoms with van der Waals surface area (Å²) in [6.07, 6.45) is 0.846. The van der Waals surface area contributed by atoms with Crippen LogP contribution in [0.25, 0.3) is 11.0 Å². The first-order valence-corrected chi connectivity index (χ1v) is 5.77. The lowest BCUT2D eigenvalue weighted by molar-refractivity contribution is -0.145. The summed E-state index contributed by atoms with van der Waals surface area (Å²) in [6, 6.07) is 7.22. The summed E-state index contributed by atoms with van der Waals surface area (Å²) >= 11 is 0. The SMILES string of the molecule is COc1ccc2c(CC(=O)O[C@H](C)C#N)coc2c1. The molecule has 0 saturated heterocycles. The van der Waals surface area contributed by atoms with Gasteiger partial charge >= 0.3 is 5.97 Å². The summed E-state index contributed by atoms with van der Waals surface area (Å²) in [5, 5.41) is 9.42. The highest BCUT2D eigenvalue weighted by Crippen LogP contribution is 2.26. The summed E-state index contributed by atoms with van der Waals surface area (Å²) in [5.41, 5.74) is 1.38. The lowest BCUT2D eigenvalue weighted by Crippen LogP contribution is -2.14. The first-order chi connectivity index (χ1) is 9.13. The Hall–Kier alpha value is -2.48. The van der Waals surface area contributed by atoms with Gasteiger partial charge in [0.25, 0.3) is 0 Å². The predicted molar refractivity (Wildman–Crippen MR) is 67.6 cm³/mol. The highest BCUT2D eigenvalue weighted by Gasteiger charge is 2.14. The number of rotatable bonds is 4. The largest absolute Gasteiger partial charge is 0.497 e. The summed E-state index contributed by atoms with van der Waals surface area (Å²) < 4.78 is 15.4. The number of esters is 1. The van der Waals surface area contributed by atoms with Crippen molar-refractivity contribution in [3.63, 3.8) is 0 Å². The highest BCUT2D eigenvalue weighted by atomic mass is 16.5. The van der Waals surface area contributed by atoms with E-state index < -0.39 is 12.1 Å². The second-order valence-electron chi connectivity index (χ2n) is 4.06. The van der Waals surface area contributed by atoms with Gasteiger partial charge in [0.05, 0.1) is 19.8 Å². The van der Waals surface area contributed by atoms with E-state index in [2.05, 4.69) is 0 Å². The molecule has 1 atom stereocenters. The zero-order chi connectivity index (χ0) is 13.8. The average Bonchev–Trinajstić information content (AvgIpc) is 2.80. The smallest absolute Gasteiger partial charge is 0.311 e. The van der Waals surface area contributed by atoms with Gasteiger partial charge in [0.15, 0.2) is 6.10 Å². The Balaban J connectivity index is 2.18. The van der Waals surface area contributed by atoms with Crippen molar-refractivity contribution in [3.05, 3.63) is 30.0 Å². The molecule has 0 saturated carbocycles. The number of nitrogens with zero attached hydrogens (tertiary/aromatic N) is 1. The molecule has 0 aliphatic rings. The van der Waals surface area contributed by atoms with E-state index in [1.807, 2.05) is 12.1 Å². The van der Waals surface area contributed by atoms with Gasteiger partial charge in [-0.2, -0.15) is 5.26 Å². The van der Waals surface area contributed by atoms with E-state index in [0.717, 1.165) is 10.9 Å². The molecule has 0 N–H and O–H groups in total. The number of hydrogen-bond donors (Lipinski definition) is 0. The van der Waals surface area contributed by atoms with Crippen LogP contribution in [0.2, 0.25) is 0 Å². The Morgan fingerprint density at radius 3 is 3.00 bits per heavy atom. The Morgan fingerprint density at radius 2 is 2.32 bits per heavy atom. The van der Waals surface area contributed by atoms with E-state index in [1.165, 1.54) is 13.2 Å². The van der Waals surface area contributed by atoms with E-state index in [9.17, 15) is 4.79 Å². The number of nitriles is 1. The van der Waals surface area contributed by atoms with Crippen LogP contribution in [0.5, 0.6) is 5.75 Å². The molecule has 1 aromatic heterocycles. The van der Waals surface area contributed by atoms with Crippen LogP contribution in [0.1, 0.15) is 12.5 Å². The molecule has 19 heavy (non-hydrogen) atoms. The molecule has 1 aromatic carbocycles. The Bertz CT molecular complexity index is 638. The monoisotopic (exact) mass is 259 g/mol. The molecule has 0 spiro atoms. The third-order valence-electron chi connectivity index (χ3n) is 2.69. The zero-order valence-corrected chi connectivity index (χ0v) is 10.7. The second-order valence-corrected chi connectivity index (χ2v) is 4.06. The van der Waals surface area contributed by atoms with Crippen LogP contribution >= 0.6 is 0 Å². The number of benzene rings is 1. The van der Waals surface area contributed by atoms with Crippen molar-refractivity contribution in [3.8, 4) is 11.8 Å². The van der Waals surface area contributed by atoms with Crippen molar-refractivity contribution in [2.75, 3.05) is 7.11 Å². The van der Waals surface area contributed by atoms with Crippen molar-refractivity contribution in [1.82, 2.24) is 0 Å². The van der Waals surface area contributed by atoms with Gasteiger partial charge in [0.1, 0.15) is 17.4 Å². The molecule has 98 valence electrons. The van der Waals surface area contributed by atoms with Crippen LogP contribution in [0.3, 0.4) is 0 Å². The van der Waals surface area contributed by atoms with Gasteiger partial charge in [-0.05, 0) is 19.1 Å². The summed E-state index contributed by atoms with van der Waals surface area (Å²) in [4.78, 5) is 11.6. The van der Waals surface area contributed by atoms with Crippen molar-refractivity contribution < 1.29 is 18.7 Å². The molecule has 5 nitrogen and oxygen atoms in total. The highest BCUT2D eigenvalue weighted by molar-refractivity contribution is 5.86. The molecule has 5 heteroatoms. The van der Waals surface area contributed by atoms with Crippen LogP contribution in [0, 0.1) is 11.3 Å². The van der Waals surface area contributed by atoms with Gasteiger partial charge in [-0.15, -0.1) is 0 Å². The normalized spacial score (nSPS) is 11.8. The molecular formula is C14H13NO4. The number of carbonyl (C=O) groups is 1. The topological polar surface area (TPSA) is 72.5 Å². The van der Waals surface area contributed by atoms with Crippen LogP contribution in [-0.2, 0) is 16.0 Å². The molecule has 0 fully saturated rings. The van der Waals surface area contributed by atoms with E-state index in [1.54, 1.807) is 19.2 Å². The van der Waals surface area contributed by atoms with Crippen LogP contribution < -0.4 is 4.74 Å². The fourth-order valence-electron chi connectivity index (χ4n) is 1.75. The predicted octanol–water partition coefficient (Wildman–Crippen LogP) is 2.44. The fourth-order valence-corrected chi connectivity index (χ4v) is 1.75. The van der Waals surface area contributed by atoms with E-state index >= 15 is 0 Å². The van der Waals surface area contributed by atoms with Gasteiger partial charge in [-0.3, -0.25) is 4.79 Å². The molecular weight excluding hydrogens is 246 g/mol. The maximum absolute atomic E-state index is 11.6. The summed E-state index contributed by atoms with van der Waals surface area (Å²) in [5.74, 6) is 0.238. The number of carbonyl (C=O) groups excluding carboxylic acids is 1. The van der Waals surface area contributed by atoms with Crippen molar-refractivity contribution in [1.29, 1.82) is 5.26 Å². The minimum absolute atomic E-state index is 0.0748. The third kappa shape index (κ3) is 2.86. The van der Waals surface area contributed by atoms with Gasteiger partial charge in [-0.1, -0.05) is 0 Å². The standard InChI is InChI=1S/C14H13NO4/c1-9(7-15)19-14(16)5-10-8-18-13-6-11(17-2)3-4-12(10)13/h3-4,6,8-9H,5H2,1-2H3/t9-/m1/s1. The number of fused-ring (bicyclic) bond motifs is 1. The quantitative estimate of drug-likeness (QED) is 0.788. The minimum Gasteiger partial charge on any atom is -0.497 e. The molecule has 2 aromatic rings. The number of furan rings is 1. The molecule has 0 radical (unpaired) electrons. The second kappa shape index (κ2) is 5.44. The molecule has 1 heterocycles. The van der Waals surface area contributed by atoms with Crippen LogP contribution in [-0.4, -0.2) is 19.2 Å². The average molecular weight is 259 g/mol. The maximum atomic E-state index is 11.6. The first kappa shape index (κ1) is 13.0. The Kier molecular flexibility index (Phi) is 3.71. The molecule has 0 bridgehead atoms. The molecule has 2 rings (SSSR count). The zero-order valence-electron chi connectivity index (χ0n) is 10.7. The van der Waals surface area contributed by atoms with Crippen molar-refractivity contribution >= 4 is 16.9 Å². The molecule has 0 unspecified atom stereocenters. The third-order valence-corrected chi connectivity index (χ3v) is 2.69. The lowest BCUT2D eigenvalue weighted by atomic mass is 10.1. The molecule has 0 amide bonds. The minimum atomic E-state index is -0.745. The maximum Gasteiger partial charge on any atom is 0.311 e. The van der Waals surface area contributed by atoms with Gasteiger partial charge in [0, 0.05) is 17.0 Å². The van der Waals surface area contributed by atoms with Crippen LogP contribution in [0.15, 0.2) is 28.9 Å². The Labute approximate surface area is 110 Å². The van der Waals surface area contributed by atoms with Crippen LogP contribution in [0.4, 0.5) is 0 Å². The van der Waals surface area contributed by atoms with Gasteiger partial charge in [-0.25, -0.2) is 0 Å². The number of ether oxygens (including phenoxy) is 2. The van der Waals surface area contributed by atoms with Crippen molar-refractivity contribution in [2.45, 2.75) is 19.4 Å². The molecule has 0 aliphatic carbocycles. The van der Waals surface area contributed by atoms with E-state index in [4.69, 9.17) is 19.2 Å². The fraction of sp³-hybridized carbons (Fsp3) is 0.286. The lowest BCUT2D eigenvalue weighted by Gasteiger charge is -2.04. The van der Waals surface area contributed by atoms with E-state index in [-0.39, 0.29) is 6.42 Å². The summed E-state index contributed by atoms with van der Waals surface area (Å²) in [7, 11) is 1.58.